The van der Waals surface area contributed by atoms with Crippen LogP contribution in [0.25, 0.3) is 27.7 Å². The molecule has 0 bridgehead atoms. The zero-order valence-corrected chi connectivity index (χ0v) is 14.0. The van der Waals surface area contributed by atoms with E-state index in [4.69, 9.17) is 5.10 Å². The minimum absolute atomic E-state index is 0.244. The minimum Gasteiger partial charge on any atom is -0.508 e. The first-order valence-electron chi connectivity index (χ1n) is 7.78. The second kappa shape index (κ2) is 6.13. The van der Waals surface area contributed by atoms with Gasteiger partial charge in [0.2, 0.25) is 0 Å². The Morgan fingerprint density at radius 2 is 1.75 bits per heavy atom. The van der Waals surface area contributed by atoms with E-state index < -0.39 is 0 Å². The summed E-state index contributed by atoms with van der Waals surface area (Å²) in [5.41, 5.74) is 2.59. The largest absolute Gasteiger partial charge is 0.508 e. The molecule has 2 heterocycles. The Morgan fingerprint density at radius 1 is 1.00 bits per heavy atom. The molecular formula is C18H16N4OS. The molecule has 6 heteroatoms. The van der Waals surface area contributed by atoms with Crippen molar-refractivity contribution in [2.24, 2.45) is 0 Å². The fourth-order valence-corrected chi connectivity index (χ4v) is 3.31. The molecule has 120 valence electrons. The molecule has 0 atom stereocenters. The molecule has 0 aliphatic heterocycles. The number of aromatic hydroxyl groups is 1. The maximum Gasteiger partial charge on any atom is 0.185 e. The fourth-order valence-electron chi connectivity index (χ4n) is 2.74. The lowest BCUT2D eigenvalue weighted by molar-refractivity contribution is 0.475. The van der Waals surface area contributed by atoms with Crippen LogP contribution in [0, 0.1) is 0 Å². The molecule has 5 nitrogen and oxygen atoms in total. The molecule has 2 aromatic carbocycles. The van der Waals surface area contributed by atoms with Crippen LogP contribution in [0.2, 0.25) is 0 Å². The van der Waals surface area contributed by atoms with Crippen molar-refractivity contribution in [3.8, 4) is 17.0 Å². The van der Waals surface area contributed by atoms with Crippen LogP contribution in [0.15, 0.2) is 48.5 Å². The lowest BCUT2D eigenvalue weighted by atomic mass is 10.0. The number of hydrogen-bond acceptors (Lipinski definition) is 5. The van der Waals surface area contributed by atoms with Crippen LogP contribution in [0.3, 0.4) is 0 Å². The van der Waals surface area contributed by atoms with E-state index in [1.54, 1.807) is 23.9 Å². The molecule has 0 unspecified atom stereocenters. The van der Waals surface area contributed by atoms with Gasteiger partial charge in [-0.1, -0.05) is 31.2 Å². The number of fused-ring (bicyclic) bond motifs is 3. The second-order valence-electron chi connectivity index (χ2n) is 5.43. The van der Waals surface area contributed by atoms with Gasteiger partial charge in [-0.25, -0.2) is 0 Å². The lowest BCUT2D eigenvalue weighted by Crippen LogP contribution is -2.01. The molecule has 0 aliphatic rings. The van der Waals surface area contributed by atoms with Gasteiger partial charge in [0.25, 0.3) is 0 Å². The molecule has 0 saturated carbocycles. The molecule has 0 saturated heterocycles. The first-order chi connectivity index (χ1) is 11.8. The average Bonchev–Trinajstić information content (AvgIpc) is 3.03. The topological polar surface area (TPSA) is 63.3 Å². The lowest BCUT2D eigenvalue weighted by Gasteiger charge is -2.08. The van der Waals surface area contributed by atoms with Crippen LogP contribution in [-0.2, 0) is 5.75 Å². The number of hydrogen-bond donors (Lipinski definition) is 1. The van der Waals surface area contributed by atoms with Gasteiger partial charge in [-0.2, -0.15) is 21.4 Å². The molecule has 0 fully saturated rings. The van der Waals surface area contributed by atoms with Gasteiger partial charge < -0.3 is 5.11 Å². The van der Waals surface area contributed by atoms with E-state index in [0.717, 1.165) is 45.0 Å². The quantitative estimate of drug-likeness (QED) is 0.612. The van der Waals surface area contributed by atoms with Gasteiger partial charge in [-0.15, -0.1) is 10.2 Å². The molecule has 24 heavy (non-hydrogen) atoms. The number of nitrogens with zero attached hydrogens (tertiary/aromatic N) is 4. The van der Waals surface area contributed by atoms with E-state index in [2.05, 4.69) is 17.1 Å². The summed E-state index contributed by atoms with van der Waals surface area (Å²) in [5.74, 6) is 2.89. The van der Waals surface area contributed by atoms with E-state index >= 15 is 0 Å². The molecule has 0 amide bonds. The number of benzene rings is 2. The Bertz CT molecular complexity index is 1010. The zero-order valence-electron chi connectivity index (χ0n) is 13.2. The van der Waals surface area contributed by atoms with Gasteiger partial charge in [-0.3, -0.25) is 0 Å². The highest BCUT2D eigenvalue weighted by atomic mass is 32.2. The summed E-state index contributed by atoms with van der Waals surface area (Å²) in [6.07, 6.45) is 0. The van der Waals surface area contributed by atoms with Gasteiger partial charge >= 0.3 is 0 Å². The zero-order chi connectivity index (χ0) is 16.5. The third kappa shape index (κ3) is 2.49. The second-order valence-corrected chi connectivity index (χ2v) is 6.70. The first-order valence-corrected chi connectivity index (χ1v) is 8.93. The number of aromatic nitrogens is 4. The van der Waals surface area contributed by atoms with Crippen LogP contribution in [0.4, 0.5) is 0 Å². The molecule has 2 aromatic heterocycles. The van der Waals surface area contributed by atoms with Crippen LogP contribution in [-0.4, -0.2) is 30.7 Å². The van der Waals surface area contributed by atoms with Crippen molar-refractivity contribution in [2.75, 3.05) is 5.75 Å². The molecule has 4 aromatic rings. The summed E-state index contributed by atoms with van der Waals surface area (Å²) < 4.78 is 1.84. The van der Waals surface area contributed by atoms with Crippen molar-refractivity contribution in [1.29, 1.82) is 0 Å². The van der Waals surface area contributed by atoms with Crippen LogP contribution >= 0.6 is 11.8 Å². The van der Waals surface area contributed by atoms with E-state index in [9.17, 15) is 5.11 Å². The third-order valence-corrected chi connectivity index (χ3v) is 4.77. The Kier molecular flexibility index (Phi) is 3.82. The summed E-state index contributed by atoms with van der Waals surface area (Å²) >= 11 is 1.79. The standard InChI is InChI=1S/C18H16N4OS/c1-2-24-11-16-19-20-18-15-6-4-3-5-14(15)17(21-22(16)18)12-7-9-13(23)10-8-12/h3-10,23H,2,11H2,1H3. The van der Waals surface area contributed by atoms with Crippen LogP contribution in [0.1, 0.15) is 12.7 Å². The van der Waals surface area contributed by atoms with E-state index in [1.807, 2.05) is 40.9 Å². The Balaban J connectivity index is 2.01. The summed E-state index contributed by atoms with van der Waals surface area (Å²) in [6.45, 7) is 2.12. The van der Waals surface area contributed by atoms with E-state index in [-0.39, 0.29) is 5.75 Å². The van der Waals surface area contributed by atoms with Gasteiger partial charge in [0.05, 0.1) is 11.4 Å². The predicted octanol–water partition coefficient (Wildman–Crippen LogP) is 3.90. The van der Waals surface area contributed by atoms with Crippen molar-refractivity contribution in [3.63, 3.8) is 0 Å². The molecule has 0 aliphatic carbocycles. The van der Waals surface area contributed by atoms with Gasteiger partial charge in [-0.05, 0) is 30.0 Å². The Morgan fingerprint density at radius 3 is 2.50 bits per heavy atom. The monoisotopic (exact) mass is 336 g/mol. The summed E-state index contributed by atoms with van der Waals surface area (Å²) in [7, 11) is 0. The summed E-state index contributed by atoms with van der Waals surface area (Å²) in [4.78, 5) is 0. The third-order valence-electron chi connectivity index (χ3n) is 3.90. The van der Waals surface area contributed by atoms with Crippen molar-refractivity contribution >= 4 is 28.2 Å². The van der Waals surface area contributed by atoms with Crippen molar-refractivity contribution in [1.82, 2.24) is 19.8 Å². The van der Waals surface area contributed by atoms with E-state index in [1.165, 1.54) is 0 Å². The van der Waals surface area contributed by atoms with Crippen LogP contribution in [0.5, 0.6) is 5.75 Å². The SMILES string of the molecule is CCSCc1nnc2c3ccccc3c(-c3ccc(O)cc3)nn12. The highest BCUT2D eigenvalue weighted by molar-refractivity contribution is 7.98. The number of thioether (sulfide) groups is 1. The highest BCUT2D eigenvalue weighted by Crippen LogP contribution is 2.30. The van der Waals surface area contributed by atoms with Crippen molar-refractivity contribution in [3.05, 3.63) is 54.4 Å². The molecule has 4 rings (SSSR count). The number of rotatable bonds is 4. The van der Waals surface area contributed by atoms with E-state index in [0.29, 0.717) is 0 Å². The van der Waals surface area contributed by atoms with Gasteiger partial charge in [0.1, 0.15) is 5.75 Å². The first kappa shape index (κ1) is 15.0. The summed E-state index contributed by atoms with van der Waals surface area (Å²) in [5, 5.41) is 25.1. The smallest absolute Gasteiger partial charge is 0.185 e. The van der Waals surface area contributed by atoms with Gasteiger partial charge in [0, 0.05) is 16.3 Å². The average molecular weight is 336 g/mol. The number of phenolic OH excluding ortho intramolecular Hbond substituents is 1. The van der Waals surface area contributed by atoms with Crippen LogP contribution < -0.4 is 0 Å². The minimum atomic E-state index is 0.244. The fraction of sp³-hybridized carbons (Fsp3) is 0.167. The van der Waals surface area contributed by atoms with Crippen molar-refractivity contribution < 1.29 is 5.11 Å². The molecule has 0 radical (unpaired) electrons. The molecule has 0 spiro atoms. The normalized spacial score (nSPS) is 11.4. The Hall–Kier alpha value is -2.60. The predicted molar refractivity (Wildman–Crippen MR) is 97.2 cm³/mol. The number of phenols is 1. The highest BCUT2D eigenvalue weighted by Gasteiger charge is 2.15. The summed E-state index contributed by atoms with van der Waals surface area (Å²) in [6, 6.07) is 15.2. The maximum atomic E-state index is 9.55. The maximum absolute atomic E-state index is 9.55. The molecular weight excluding hydrogens is 320 g/mol. The van der Waals surface area contributed by atoms with Gasteiger partial charge in [0.15, 0.2) is 11.5 Å². The molecule has 1 N–H and O–H groups in total. The van der Waals surface area contributed by atoms with Crippen molar-refractivity contribution in [2.45, 2.75) is 12.7 Å². The Labute approximate surface area is 143 Å².